The van der Waals surface area contributed by atoms with Gasteiger partial charge in [-0.25, -0.2) is 0 Å². The molecule has 0 aromatic heterocycles. The Morgan fingerprint density at radius 3 is 1.90 bits per heavy atom. The normalized spacial score (nSPS) is 16.4. The van der Waals surface area contributed by atoms with Crippen LogP contribution in [0.4, 0.5) is 0 Å². The zero-order valence-electron chi connectivity index (χ0n) is 12.5. The fraction of sp³-hybridized carbons (Fsp3) is 0.571. The molecule has 0 aliphatic heterocycles. The monoisotopic (exact) mass is 299 g/mol. The summed E-state index contributed by atoms with van der Waals surface area (Å²) < 4.78 is 27.2. The van der Waals surface area contributed by atoms with E-state index in [0.29, 0.717) is 16.9 Å². The third-order valence-corrected chi connectivity index (χ3v) is 3.99. The van der Waals surface area contributed by atoms with Crippen LogP contribution in [0.3, 0.4) is 0 Å². The molecule has 0 radical (unpaired) electrons. The predicted molar refractivity (Wildman–Crippen MR) is 78.8 cm³/mol. The van der Waals surface area contributed by atoms with Gasteiger partial charge in [0.15, 0.2) is 5.78 Å². The van der Waals surface area contributed by atoms with Crippen molar-refractivity contribution in [3.8, 4) is 0 Å². The third-order valence-electron chi connectivity index (χ3n) is 2.98. The molecule has 0 saturated carbocycles. The zero-order valence-corrected chi connectivity index (χ0v) is 13.3. The number of nitrogens with zero attached hydrogens (tertiary/aromatic N) is 1. The molecule has 5 nitrogen and oxygen atoms in total. The van der Waals surface area contributed by atoms with Crippen LogP contribution in [0.2, 0.25) is 0 Å². The van der Waals surface area contributed by atoms with E-state index in [9.17, 15) is 13.2 Å². The first-order valence-corrected chi connectivity index (χ1v) is 8.22. The summed E-state index contributed by atoms with van der Waals surface area (Å²) in [6, 6.07) is 0. The average Bonchev–Trinajstić information content (AvgIpc) is 2.36. The van der Waals surface area contributed by atoms with Crippen LogP contribution in [0.25, 0.3) is 0 Å². The molecule has 0 heterocycles. The molecular weight excluding hydrogens is 278 g/mol. The summed E-state index contributed by atoms with van der Waals surface area (Å²) in [5.74, 6) is -0.0762. The van der Waals surface area contributed by atoms with Gasteiger partial charge in [0.25, 0.3) is 0 Å². The summed E-state index contributed by atoms with van der Waals surface area (Å²) in [5, 5.41) is 3.65. The zero-order chi connectivity index (χ0) is 15.5. The van der Waals surface area contributed by atoms with Crippen molar-refractivity contribution in [1.82, 2.24) is 0 Å². The van der Waals surface area contributed by atoms with Gasteiger partial charge < -0.3 is 0 Å². The number of allylic oxidation sites excluding steroid dienone is 4. The number of hydrogen-bond acceptors (Lipinski definition) is 5. The van der Waals surface area contributed by atoms with Crippen molar-refractivity contribution in [3.63, 3.8) is 0 Å². The number of oxime groups is 1. The quantitative estimate of drug-likeness (QED) is 0.577. The predicted octanol–water partition coefficient (Wildman–Crippen LogP) is 2.46. The summed E-state index contributed by atoms with van der Waals surface area (Å²) in [4.78, 5) is 12.3. The van der Waals surface area contributed by atoms with Gasteiger partial charge in [-0.2, -0.15) is 8.42 Å². The van der Waals surface area contributed by atoms with Gasteiger partial charge in [0.1, 0.15) is 5.71 Å². The van der Waals surface area contributed by atoms with Crippen LogP contribution in [0.1, 0.15) is 34.6 Å². The Morgan fingerprint density at radius 2 is 1.55 bits per heavy atom. The highest BCUT2D eigenvalue weighted by Gasteiger charge is 2.25. The molecule has 1 rings (SSSR count). The molecule has 0 fully saturated rings. The summed E-state index contributed by atoms with van der Waals surface area (Å²) in [6.07, 6.45) is 3.17. The van der Waals surface area contributed by atoms with Crippen LogP contribution >= 0.6 is 0 Å². The molecule has 0 N–H and O–H groups in total. The standard InChI is InChI=1S/C14H21NO4S/c1-6-20(17,18)19-15-11-7-12(9(2)3)14(16)13(8-11)10(4)5/h7-10H,6H2,1-5H3. The highest BCUT2D eigenvalue weighted by Crippen LogP contribution is 2.25. The van der Waals surface area contributed by atoms with Gasteiger partial charge in [0, 0.05) is 11.1 Å². The Labute approximate surface area is 120 Å². The van der Waals surface area contributed by atoms with Crippen molar-refractivity contribution in [2.75, 3.05) is 5.75 Å². The van der Waals surface area contributed by atoms with E-state index in [1.54, 1.807) is 12.2 Å². The maximum Gasteiger partial charge on any atom is 0.328 e. The molecule has 0 unspecified atom stereocenters. The molecular formula is C14H21NO4S. The van der Waals surface area contributed by atoms with Crippen molar-refractivity contribution in [1.29, 1.82) is 0 Å². The lowest BCUT2D eigenvalue weighted by molar-refractivity contribution is -0.113. The molecule has 1 aliphatic carbocycles. The second kappa shape index (κ2) is 6.35. The highest BCUT2D eigenvalue weighted by atomic mass is 32.2. The molecule has 0 aromatic rings. The average molecular weight is 299 g/mol. The van der Waals surface area contributed by atoms with Crippen molar-refractivity contribution >= 4 is 21.6 Å². The maximum absolute atomic E-state index is 12.3. The van der Waals surface area contributed by atoms with Gasteiger partial charge in [0.2, 0.25) is 0 Å². The Hall–Kier alpha value is -1.43. The van der Waals surface area contributed by atoms with E-state index >= 15 is 0 Å². The number of hydrogen-bond donors (Lipinski definition) is 0. The summed E-state index contributed by atoms with van der Waals surface area (Å²) >= 11 is 0. The van der Waals surface area contributed by atoms with Crippen molar-refractivity contribution in [2.24, 2.45) is 17.0 Å². The summed E-state index contributed by atoms with van der Waals surface area (Å²) in [6.45, 7) is 9.12. The van der Waals surface area contributed by atoms with Gasteiger partial charge in [-0.1, -0.05) is 32.9 Å². The van der Waals surface area contributed by atoms with Gasteiger partial charge in [-0.3, -0.25) is 9.08 Å². The Kier molecular flexibility index (Phi) is 5.28. The minimum Gasteiger partial charge on any atom is -0.289 e. The van der Waals surface area contributed by atoms with Crippen molar-refractivity contribution in [2.45, 2.75) is 34.6 Å². The molecule has 0 spiro atoms. The molecule has 0 saturated heterocycles. The minimum atomic E-state index is -3.64. The van der Waals surface area contributed by atoms with E-state index in [2.05, 4.69) is 9.44 Å². The number of ketones is 1. The Bertz CT molecular complexity index is 550. The topological polar surface area (TPSA) is 72.8 Å². The first kappa shape index (κ1) is 16.6. The Balaban J connectivity index is 3.17. The molecule has 0 amide bonds. The van der Waals surface area contributed by atoms with Crippen LogP contribution < -0.4 is 0 Å². The largest absolute Gasteiger partial charge is 0.328 e. The number of rotatable bonds is 5. The molecule has 0 atom stereocenters. The fourth-order valence-electron chi connectivity index (χ4n) is 1.72. The van der Waals surface area contributed by atoms with Crippen LogP contribution in [0.15, 0.2) is 28.5 Å². The molecule has 112 valence electrons. The van der Waals surface area contributed by atoms with Crippen molar-refractivity contribution < 1.29 is 17.5 Å². The third kappa shape index (κ3) is 4.03. The SMILES string of the molecule is CCS(=O)(=O)ON=C1C=C(C(C)C)C(=O)C(C(C)C)=C1. The lowest BCUT2D eigenvalue weighted by Crippen LogP contribution is -2.21. The van der Waals surface area contributed by atoms with Crippen molar-refractivity contribution in [3.05, 3.63) is 23.3 Å². The number of carbonyl (C=O) groups is 1. The first-order valence-electron chi connectivity index (χ1n) is 6.65. The maximum atomic E-state index is 12.3. The van der Waals surface area contributed by atoms with Gasteiger partial charge in [-0.15, -0.1) is 0 Å². The van der Waals surface area contributed by atoms with Crippen LogP contribution in [0.5, 0.6) is 0 Å². The second-order valence-corrected chi connectivity index (χ2v) is 7.12. The smallest absolute Gasteiger partial charge is 0.289 e. The highest BCUT2D eigenvalue weighted by molar-refractivity contribution is 7.86. The lowest BCUT2D eigenvalue weighted by Gasteiger charge is -2.19. The fourth-order valence-corrected chi connectivity index (χ4v) is 2.03. The summed E-state index contributed by atoms with van der Waals surface area (Å²) in [5.41, 5.74) is 1.59. The van der Waals surface area contributed by atoms with E-state index in [4.69, 9.17) is 0 Å². The van der Waals surface area contributed by atoms with Crippen LogP contribution in [-0.4, -0.2) is 25.7 Å². The molecule has 20 heavy (non-hydrogen) atoms. The van der Waals surface area contributed by atoms with E-state index in [-0.39, 0.29) is 23.4 Å². The Morgan fingerprint density at radius 1 is 1.10 bits per heavy atom. The molecule has 1 aliphatic rings. The molecule has 0 aromatic carbocycles. The van der Waals surface area contributed by atoms with Gasteiger partial charge >= 0.3 is 10.1 Å². The summed E-state index contributed by atoms with van der Waals surface area (Å²) in [7, 11) is -3.64. The van der Waals surface area contributed by atoms with Crippen LogP contribution in [0, 0.1) is 11.8 Å². The van der Waals surface area contributed by atoms with E-state index in [0.717, 1.165) is 0 Å². The first-order chi connectivity index (χ1) is 9.18. The van der Waals surface area contributed by atoms with E-state index in [1.165, 1.54) is 6.92 Å². The van der Waals surface area contributed by atoms with E-state index < -0.39 is 10.1 Å². The lowest BCUT2D eigenvalue weighted by atomic mass is 9.84. The van der Waals surface area contributed by atoms with E-state index in [1.807, 2.05) is 27.7 Å². The van der Waals surface area contributed by atoms with Gasteiger partial charge in [0.05, 0.1) is 5.75 Å². The molecule has 0 bridgehead atoms. The minimum absolute atomic E-state index is 0.00713. The number of carbonyl (C=O) groups excluding carboxylic acids is 1. The van der Waals surface area contributed by atoms with Crippen LogP contribution in [-0.2, 0) is 19.2 Å². The number of Topliss-reactive ketones (excluding diaryl/α,β-unsaturated/α-hetero) is 1. The molecule has 6 heteroatoms. The van der Waals surface area contributed by atoms with Gasteiger partial charge in [-0.05, 0) is 30.9 Å². The second-order valence-electron chi connectivity index (χ2n) is 5.27.